The highest BCUT2D eigenvalue weighted by molar-refractivity contribution is 7.89. The molecule has 1 atom stereocenters. The minimum Gasteiger partial charge on any atom is -0.508 e. The SMILES string of the molecule is CC(C)(Cc1cccc(CNS(=O)(=O)c2ccccc2)c1)NC[C@@H](O)c1ccc(O)c(CO)c1. The number of benzene rings is 3. The van der Waals surface area contributed by atoms with Crippen molar-refractivity contribution in [3.8, 4) is 5.75 Å². The molecule has 0 bridgehead atoms. The molecule has 0 heterocycles. The number of aliphatic hydroxyl groups is 2. The Balaban J connectivity index is 1.59. The maximum absolute atomic E-state index is 12.5. The summed E-state index contributed by atoms with van der Waals surface area (Å²) in [5.74, 6) is -0.00215. The third kappa shape index (κ3) is 7.12. The number of phenols is 1. The number of rotatable bonds is 11. The van der Waals surface area contributed by atoms with Crippen LogP contribution in [-0.2, 0) is 29.6 Å². The van der Waals surface area contributed by atoms with Crippen LogP contribution in [0.25, 0.3) is 0 Å². The molecule has 0 radical (unpaired) electrons. The molecule has 0 aromatic heterocycles. The van der Waals surface area contributed by atoms with Gasteiger partial charge < -0.3 is 20.6 Å². The Bertz CT molecular complexity index is 1200. The number of β-amino-alcohol motifs (C(OH)–C–C–N with tert-alkyl or cyclic N) is 1. The van der Waals surface area contributed by atoms with Crippen LogP contribution in [0.15, 0.2) is 77.7 Å². The van der Waals surface area contributed by atoms with Crippen molar-refractivity contribution >= 4 is 10.0 Å². The molecule has 0 saturated carbocycles. The van der Waals surface area contributed by atoms with E-state index in [2.05, 4.69) is 10.0 Å². The average Bonchev–Trinajstić information content (AvgIpc) is 2.82. The predicted octanol–water partition coefficient (Wildman–Crippen LogP) is 3.01. The maximum Gasteiger partial charge on any atom is 0.240 e. The van der Waals surface area contributed by atoms with E-state index >= 15 is 0 Å². The second-order valence-electron chi connectivity index (χ2n) is 8.96. The van der Waals surface area contributed by atoms with Crippen LogP contribution in [0.5, 0.6) is 5.75 Å². The van der Waals surface area contributed by atoms with E-state index in [9.17, 15) is 23.7 Å². The lowest BCUT2D eigenvalue weighted by Crippen LogP contribution is -2.43. The lowest BCUT2D eigenvalue weighted by atomic mass is 9.93. The Hall–Kier alpha value is -2.75. The van der Waals surface area contributed by atoms with Gasteiger partial charge in [0.25, 0.3) is 0 Å². The summed E-state index contributed by atoms with van der Waals surface area (Å²) in [7, 11) is -3.58. The van der Waals surface area contributed by atoms with E-state index in [0.29, 0.717) is 24.1 Å². The van der Waals surface area contributed by atoms with Gasteiger partial charge in [0.2, 0.25) is 10.0 Å². The molecule has 0 fully saturated rings. The first-order valence-corrected chi connectivity index (χ1v) is 12.6. The zero-order chi connectivity index (χ0) is 24.8. The third-order valence-corrected chi connectivity index (χ3v) is 7.01. The van der Waals surface area contributed by atoms with Gasteiger partial charge in [-0.3, -0.25) is 0 Å². The van der Waals surface area contributed by atoms with Crippen molar-refractivity contribution in [3.05, 3.63) is 95.1 Å². The number of hydrogen-bond donors (Lipinski definition) is 5. The molecule has 0 aliphatic heterocycles. The van der Waals surface area contributed by atoms with E-state index in [4.69, 9.17) is 0 Å². The lowest BCUT2D eigenvalue weighted by molar-refractivity contribution is 0.160. The van der Waals surface area contributed by atoms with Gasteiger partial charge in [0.15, 0.2) is 0 Å². The highest BCUT2D eigenvalue weighted by atomic mass is 32.2. The maximum atomic E-state index is 12.5. The summed E-state index contributed by atoms with van der Waals surface area (Å²) < 4.78 is 27.6. The second kappa shape index (κ2) is 11.1. The number of nitrogens with one attached hydrogen (secondary N) is 2. The highest BCUT2D eigenvalue weighted by Crippen LogP contribution is 2.23. The van der Waals surface area contributed by atoms with E-state index in [1.54, 1.807) is 42.5 Å². The van der Waals surface area contributed by atoms with Crippen molar-refractivity contribution in [2.45, 2.75) is 50.0 Å². The van der Waals surface area contributed by atoms with Crippen LogP contribution in [0.4, 0.5) is 0 Å². The second-order valence-corrected chi connectivity index (χ2v) is 10.7. The molecule has 3 rings (SSSR count). The lowest BCUT2D eigenvalue weighted by Gasteiger charge is -2.28. The van der Waals surface area contributed by atoms with E-state index in [-0.39, 0.29) is 29.3 Å². The molecule has 182 valence electrons. The van der Waals surface area contributed by atoms with Gasteiger partial charge in [-0.2, -0.15) is 0 Å². The average molecular weight is 485 g/mol. The molecule has 0 spiro atoms. The summed E-state index contributed by atoms with van der Waals surface area (Å²) in [6, 6.07) is 20.7. The number of sulfonamides is 1. The molecule has 34 heavy (non-hydrogen) atoms. The summed E-state index contributed by atoms with van der Waals surface area (Å²) >= 11 is 0. The minimum atomic E-state index is -3.58. The fourth-order valence-corrected chi connectivity index (χ4v) is 4.75. The Morgan fingerprint density at radius 3 is 2.35 bits per heavy atom. The van der Waals surface area contributed by atoms with Gasteiger partial charge in [0.05, 0.1) is 17.6 Å². The summed E-state index contributed by atoms with van der Waals surface area (Å²) in [5.41, 5.74) is 2.53. The fraction of sp³-hybridized carbons (Fsp3) is 0.308. The topological polar surface area (TPSA) is 119 Å². The standard InChI is InChI=1S/C26H32N2O5S/c1-26(2,27-17-25(31)21-11-12-24(30)22(14-21)18-29)15-19-7-6-8-20(13-19)16-28-34(32,33)23-9-4-3-5-10-23/h3-14,25,27-31H,15-18H2,1-2H3/t25-/m1/s1. The molecule has 3 aromatic carbocycles. The molecule has 0 aliphatic carbocycles. The smallest absolute Gasteiger partial charge is 0.240 e. The molecule has 8 heteroatoms. The normalized spacial score (nSPS) is 13.1. The van der Waals surface area contributed by atoms with Gasteiger partial charge in [-0.25, -0.2) is 13.1 Å². The van der Waals surface area contributed by atoms with Gasteiger partial charge in [-0.15, -0.1) is 0 Å². The molecule has 0 saturated heterocycles. The van der Waals surface area contributed by atoms with Gasteiger partial charge in [0.1, 0.15) is 5.75 Å². The number of aliphatic hydroxyl groups excluding tert-OH is 2. The summed E-state index contributed by atoms with van der Waals surface area (Å²) in [4.78, 5) is 0.231. The van der Waals surface area contributed by atoms with Crippen molar-refractivity contribution in [1.29, 1.82) is 0 Å². The van der Waals surface area contributed by atoms with Gasteiger partial charge >= 0.3 is 0 Å². The zero-order valence-electron chi connectivity index (χ0n) is 19.4. The molecule has 5 N–H and O–H groups in total. The molecular formula is C26H32N2O5S. The Morgan fingerprint density at radius 1 is 0.941 bits per heavy atom. The van der Waals surface area contributed by atoms with Gasteiger partial charge in [0, 0.05) is 24.2 Å². The molecule has 0 amide bonds. The monoisotopic (exact) mass is 484 g/mol. The van der Waals surface area contributed by atoms with E-state index in [1.165, 1.54) is 6.07 Å². The molecule has 0 unspecified atom stereocenters. The zero-order valence-corrected chi connectivity index (χ0v) is 20.2. The first-order valence-electron chi connectivity index (χ1n) is 11.1. The minimum absolute atomic E-state index is 0.00215. The van der Waals surface area contributed by atoms with Crippen LogP contribution in [0.2, 0.25) is 0 Å². The van der Waals surface area contributed by atoms with Gasteiger partial charge in [-0.1, -0.05) is 48.5 Å². The fourth-order valence-electron chi connectivity index (χ4n) is 3.71. The van der Waals surface area contributed by atoms with Crippen molar-refractivity contribution in [2.24, 2.45) is 0 Å². The molecule has 3 aromatic rings. The number of hydrogen-bond acceptors (Lipinski definition) is 6. The van der Waals surface area contributed by atoms with E-state index in [1.807, 2.05) is 38.1 Å². The van der Waals surface area contributed by atoms with Crippen molar-refractivity contribution in [2.75, 3.05) is 6.54 Å². The van der Waals surface area contributed by atoms with Gasteiger partial charge in [-0.05, 0) is 61.2 Å². The van der Waals surface area contributed by atoms with Crippen LogP contribution in [0, 0.1) is 0 Å². The summed E-state index contributed by atoms with van der Waals surface area (Å²) in [6.07, 6.45) is -0.139. The van der Waals surface area contributed by atoms with E-state index in [0.717, 1.165) is 11.1 Å². The summed E-state index contributed by atoms with van der Waals surface area (Å²) in [6.45, 7) is 4.23. The quantitative estimate of drug-likeness (QED) is 0.286. The first kappa shape index (κ1) is 25.9. The van der Waals surface area contributed by atoms with Crippen LogP contribution in [0.1, 0.15) is 42.2 Å². The van der Waals surface area contributed by atoms with Crippen LogP contribution in [-0.4, -0.2) is 35.8 Å². The first-order chi connectivity index (χ1) is 16.1. The van der Waals surface area contributed by atoms with Crippen LogP contribution < -0.4 is 10.0 Å². The molecule has 7 nitrogen and oxygen atoms in total. The highest BCUT2D eigenvalue weighted by Gasteiger charge is 2.21. The summed E-state index contributed by atoms with van der Waals surface area (Å²) in [5, 5.41) is 32.9. The third-order valence-electron chi connectivity index (χ3n) is 5.59. The molecule has 0 aliphatic rings. The Labute approximate surface area is 201 Å². The van der Waals surface area contributed by atoms with Crippen LogP contribution in [0.3, 0.4) is 0 Å². The Morgan fingerprint density at radius 2 is 1.65 bits per heavy atom. The van der Waals surface area contributed by atoms with Crippen molar-refractivity contribution in [1.82, 2.24) is 10.0 Å². The largest absolute Gasteiger partial charge is 0.508 e. The van der Waals surface area contributed by atoms with Crippen molar-refractivity contribution in [3.63, 3.8) is 0 Å². The predicted molar refractivity (Wildman–Crippen MR) is 132 cm³/mol. The van der Waals surface area contributed by atoms with Crippen molar-refractivity contribution < 1.29 is 23.7 Å². The van der Waals surface area contributed by atoms with E-state index < -0.39 is 16.1 Å². The Kier molecular flexibility index (Phi) is 8.46. The number of aromatic hydroxyl groups is 1. The van der Waals surface area contributed by atoms with Crippen LogP contribution >= 0.6 is 0 Å². The molecular weight excluding hydrogens is 452 g/mol.